The number of alkyl halides is 1. The average Bonchev–Trinajstić information content (AvgIpc) is 2.46. The fourth-order valence-electron chi connectivity index (χ4n) is 1.87. The van der Waals surface area contributed by atoms with Gasteiger partial charge in [-0.3, -0.25) is 0 Å². The molecule has 0 aliphatic rings. The summed E-state index contributed by atoms with van der Waals surface area (Å²) in [6.07, 6.45) is -0.304. The van der Waals surface area contributed by atoms with Gasteiger partial charge in [0.15, 0.2) is 0 Å². The lowest BCUT2D eigenvalue weighted by atomic mass is 10.0. The van der Waals surface area contributed by atoms with Crippen molar-refractivity contribution in [1.82, 2.24) is 10.6 Å². The van der Waals surface area contributed by atoms with Crippen LogP contribution >= 0.6 is 0 Å². The van der Waals surface area contributed by atoms with Crippen molar-refractivity contribution in [3.63, 3.8) is 0 Å². The minimum atomic E-state index is -0.477. The number of hydrogen-bond acceptors (Lipinski definition) is 4. The molecule has 0 radical (unpaired) electrons. The second-order valence-corrected chi connectivity index (χ2v) is 4.23. The van der Waals surface area contributed by atoms with Crippen molar-refractivity contribution in [3.05, 3.63) is 29.8 Å². The average molecular weight is 270 g/mol. The van der Waals surface area contributed by atoms with Crippen LogP contribution in [-0.2, 0) is 4.74 Å². The molecule has 1 aromatic carbocycles. The van der Waals surface area contributed by atoms with Crippen LogP contribution in [0, 0.1) is 0 Å². The number of halogens is 1. The third kappa shape index (κ3) is 4.78. The van der Waals surface area contributed by atoms with E-state index >= 15 is 0 Å². The first-order valence-corrected chi connectivity index (χ1v) is 6.40. The van der Waals surface area contributed by atoms with Crippen molar-refractivity contribution in [2.45, 2.75) is 12.1 Å². The van der Waals surface area contributed by atoms with Gasteiger partial charge in [-0.2, -0.15) is 0 Å². The van der Waals surface area contributed by atoms with Gasteiger partial charge in [0.05, 0.1) is 12.1 Å². The van der Waals surface area contributed by atoms with Crippen molar-refractivity contribution in [3.8, 4) is 5.75 Å². The molecule has 0 saturated carbocycles. The van der Waals surface area contributed by atoms with Crippen LogP contribution in [-0.4, -0.2) is 47.1 Å². The number of nitrogens with one attached hydrogen (secondary N) is 2. The molecule has 0 fully saturated rings. The zero-order chi connectivity index (χ0) is 14.1. The summed E-state index contributed by atoms with van der Waals surface area (Å²) < 4.78 is 23.8. The van der Waals surface area contributed by atoms with Crippen LogP contribution in [0.25, 0.3) is 0 Å². The molecule has 0 aromatic heterocycles. The van der Waals surface area contributed by atoms with E-state index in [2.05, 4.69) is 10.6 Å². The first-order valence-electron chi connectivity index (χ1n) is 6.40. The van der Waals surface area contributed by atoms with E-state index in [9.17, 15) is 4.39 Å². The molecule has 2 atom stereocenters. The second kappa shape index (κ2) is 8.85. The lowest BCUT2D eigenvalue weighted by molar-refractivity contribution is 0.0615. The third-order valence-corrected chi connectivity index (χ3v) is 2.99. The quantitative estimate of drug-likeness (QED) is 0.668. The van der Waals surface area contributed by atoms with E-state index in [0.29, 0.717) is 6.61 Å². The Morgan fingerprint density at radius 3 is 2.37 bits per heavy atom. The molecule has 0 aliphatic heterocycles. The monoisotopic (exact) mass is 270 g/mol. The smallest absolute Gasteiger partial charge is 0.119 e. The molecule has 0 heterocycles. The Morgan fingerprint density at radius 1 is 1.21 bits per heavy atom. The van der Waals surface area contributed by atoms with Crippen LogP contribution < -0.4 is 15.4 Å². The lowest BCUT2D eigenvalue weighted by Crippen LogP contribution is -2.35. The molecule has 1 rings (SSSR count). The van der Waals surface area contributed by atoms with E-state index < -0.39 is 6.67 Å². The van der Waals surface area contributed by atoms with Gasteiger partial charge in [0.2, 0.25) is 0 Å². The van der Waals surface area contributed by atoms with Crippen molar-refractivity contribution >= 4 is 0 Å². The van der Waals surface area contributed by atoms with Gasteiger partial charge >= 0.3 is 0 Å². The standard InChI is InChI=1S/C14H23FN2O2/c1-16-8-9-19-12-6-4-11(5-7-12)14(18-3)13(10-15)17-2/h4-7,13-14,16-17H,8-10H2,1-3H3. The maximum absolute atomic E-state index is 12.9. The van der Waals surface area contributed by atoms with Gasteiger partial charge in [-0.1, -0.05) is 12.1 Å². The molecule has 1 aromatic rings. The summed E-state index contributed by atoms with van der Waals surface area (Å²) in [6, 6.07) is 7.22. The minimum absolute atomic E-state index is 0.304. The van der Waals surface area contributed by atoms with Gasteiger partial charge in [0.25, 0.3) is 0 Å². The van der Waals surface area contributed by atoms with E-state index in [0.717, 1.165) is 17.9 Å². The highest BCUT2D eigenvalue weighted by molar-refractivity contribution is 5.29. The van der Waals surface area contributed by atoms with Crippen molar-refractivity contribution in [1.29, 1.82) is 0 Å². The molecule has 0 aliphatic carbocycles. The molecule has 0 amide bonds. The van der Waals surface area contributed by atoms with Gasteiger partial charge in [-0.05, 0) is 31.8 Å². The molecule has 19 heavy (non-hydrogen) atoms. The van der Waals surface area contributed by atoms with Crippen molar-refractivity contribution in [2.75, 3.05) is 41.0 Å². The van der Waals surface area contributed by atoms with E-state index in [4.69, 9.17) is 9.47 Å². The first kappa shape index (κ1) is 15.9. The number of methoxy groups -OCH3 is 1. The van der Waals surface area contributed by atoms with Gasteiger partial charge in [-0.15, -0.1) is 0 Å². The largest absolute Gasteiger partial charge is 0.492 e. The Labute approximate surface area is 114 Å². The molecule has 5 heteroatoms. The first-order chi connectivity index (χ1) is 9.26. The molecule has 108 valence electrons. The molecule has 2 unspecified atom stereocenters. The lowest BCUT2D eigenvalue weighted by Gasteiger charge is -2.23. The summed E-state index contributed by atoms with van der Waals surface area (Å²) in [6.45, 7) is 0.939. The molecular weight excluding hydrogens is 247 g/mol. The number of ether oxygens (including phenoxy) is 2. The predicted molar refractivity (Wildman–Crippen MR) is 74.4 cm³/mol. The third-order valence-electron chi connectivity index (χ3n) is 2.99. The maximum atomic E-state index is 12.9. The van der Waals surface area contributed by atoms with Crippen LogP contribution in [0.1, 0.15) is 11.7 Å². The highest BCUT2D eigenvalue weighted by Gasteiger charge is 2.21. The van der Waals surface area contributed by atoms with Crippen LogP contribution in [0.4, 0.5) is 4.39 Å². The van der Waals surface area contributed by atoms with E-state index in [1.165, 1.54) is 0 Å². The zero-order valence-electron chi connectivity index (χ0n) is 11.8. The maximum Gasteiger partial charge on any atom is 0.119 e. The number of hydrogen-bond donors (Lipinski definition) is 2. The predicted octanol–water partition coefficient (Wildman–Crippen LogP) is 1.53. The highest BCUT2D eigenvalue weighted by Crippen LogP contribution is 2.23. The van der Waals surface area contributed by atoms with Crippen LogP contribution in [0.15, 0.2) is 24.3 Å². The van der Waals surface area contributed by atoms with E-state index in [-0.39, 0.29) is 12.1 Å². The summed E-state index contributed by atoms with van der Waals surface area (Å²) in [5, 5.41) is 5.93. The Balaban J connectivity index is 2.67. The van der Waals surface area contributed by atoms with Crippen molar-refractivity contribution < 1.29 is 13.9 Å². The van der Waals surface area contributed by atoms with Gasteiger partial charge in [0, 0.05) is 13.7 Å². The van der Waals surface area contributed by atoms with E-state index in [1.54, 1.807) is 14.2 Å². The minimum Gasteiger partial charge on any atom is -0.492 e. The molecule has 4 nitrogen and oxygen atoms in total. The summed E-state index contributed by atoms with van der Waals surface area (Å²) in [5.41, 5.74) is 0.931. The molecule has 0 bridgehead atoms. The topological polar surface area (TPSA) is 42.5 Å². The van der Waals surface area contributed by atoms with Gasteiger partial charge in [-0.25, -0.2) is 4.39 Å². The SMILES string of the molecule is CNCCOc1ccc(C(OC)C(CF)NC)cc1. The molecule has 0 saturated heterocycles. The Bertz CT molecular complexity index is 342. The van der Waals surface area contributed by atoms with Gasteiger partial charge in [0.1, 0.15) is 19.0 Å². The number of benzene rings is 1. The molecular formula is C14H23FN2O2. The van der Waals surface area contributed by atoms with Crippen LogP contribution in [0.3, 0.4) is 0 Å². The molecule has 0 spiro atoms. The normalized spacial score (nSPS) is 14.1. The Hall–Kier alpha value is -1.17. The van der Waals surface area contributed by atoms with Crippen molar-refractivity contribution in [2.24, 2.45) is 0 Å². The summed E-state index contributed by atoms with van der Waals surface area (Å²) in [7, 11) is 5.19. The fourth-order valence-corrected chi connectivity index (χ4v) is 1.87. The Morgan fingerprint density at radius 2 is 1.89 bits per heavy atom. The molecule has 2 N–H and O–H groups in total. The second-order valence-electron chi connectivity index (χ2n) is 4.23. The van der Waals surface area contributed by atoms with E-state index in [1.807, 2.05) is 31.3 Å². The summed E-state index contributed by atoms with van der Waals surface area (Å²) in [5.74, 6) is 0.801. The number of rotatable bonds is 9. The fraction of sp³-hybridized carbons (Fsp3) is 0.571. The zero-order valence-corrected chi connectivity index (χ0v) is 11.8. The van der Waals surface area contributed by atoms with Crippen LogP contribution in [0.5, 0.6) is 5.75 Å². The summed E-state index contributed by atoms with van der Waals surface area (Å²) in [4.78, 5) is 0. The van der Waals surface area contributed by atoms with Crippen LogP contribution in [0.2, 0.25) is 0 Å². The van der Waals surface area contributed by atoms with Gasteiger partial charge < -0.3 is 20.1 Å². The highest BCUT2D eigenvalue weighted by atomic mass is 19.1. The Kier molecular flexibility index (Phi) is 7.40. The number of likely N-dealkylation sites (N-methyl/N-ethyl adjacent to an activating group) is 2. The summed E-state index contributed by atoms with van der Waals surface area (Å²) >= 11 is 0.